The van der Waals surface area contributed by atoms with Crippen LogP contribution in [0.5, 0.6) is 0 Å². The van der Waals surface area contributed by atoms with Crippen molar-refractivity contribution in [3.05, 3.63) is 83.7 Å². The molecule has 1 fully saturated rings. The molecule has 1 atom stereocenters. The van der Waals surface area contributed by atoms with Crippen molar-refractivity contribution < 1.29 is 9.53 Å². The van der Waals surface area contributed by atoms with Gasteiger partial charge in [-0.3, -0.25) is 4.79 Å². The summed E-state index contributed by atoms with van der Waals surface area (Å²) in [5.74, 6) is 6.54. The van der Waals surface area contributed by atoms with Gasteiger partial charge in [0.05, 0.1) is 17.6 Å². The average molecular weight is 494 g/mol. The van der Waals surface area contributed by atoms with Crippen molar-refractivity contribution >= 4 is 28.4 Å². The number of hydrogen-bond acceptors (Lipinski definition) is 7. The van der Waals surface area contributed by atoms with Crippen molar-refractivity contribution in [2.24, 2.45) is 0 Å². The van der Waals surface area contributed by atoms with Crippen LogP contribution >= 0.6 is 0 Å². The Hall–Kier alpha value is -4.55. The predicted molar refractivity (Wildman–Crippen MR) is 142 cm³/mol. The van der Waals surface area contributed by atoms with Gasteiger partial charge in [0.2, 0.25) is 0 Å². The fraction of sp³-hybridized carbons (Fsp3) is 0.250. The van der Waals surface area contributed by atoms with Crippen molar-refractivity contribution in [1.29, 1.82) is 0 Å². The molecule has 3 aliphatic rings. The minimum Gasteiger partial charge on any atom is -0.383 e. The number of carbonyl (C=O) groups is 1. The highest BCUT2D eigenvalue weighted by Crippen LogP contribution is 2.47. The molecule has 0 bridgehead atoms. The first-order chi connectivity index (χ1) is 18.0. The number of hydrogen-bond donors (Lipinski definition) is 3. The standard InChI is InChI=1S/C28H27N7O2/c1-28(12-13-28)35-21(11-10-20-15-30-22-5-3-4-14-34(20)22)23(24-25(29)31-17-32-26(24)35)27(36)33-19-8-6-18(7-9-19)16-37-2/h3-9,14-15,17,22,30H,12-13,16H2,1-2H3,(H,33,36)(H2,29,31,32). The van der Waals surface area contributed by atoms with E-state index in [4.69, 9.17) is 10.5 Å². The molecule has 1 saturated carbocycles. The van der Waals surface area contributed by atoms with Gasteiger partial charge < -0.3 is 30.6 Å². The molecular weight excluding hydrogens is 466 g/mol. The number of nitrogen functional groups attached to an aromatic ring is 1. The second-order valence-electron chi connectivity index (χ2n) is 9.62. The molecule has 2 aliphatic heterocycles. The van der Waals surface area contributed by atoms with Crippen LogP contribution < -0.4 is 16.4 Å². The van der Waals surface area contributed by atoms with Crippen LogP contribution in [0, 0.1) is 11.8 Å². The molecule has 186 valence electrons. The highest BCUT2D eigenvalue weighted by Gasteiger charge is 2.44. The van der Waals surface area contributed by atoms with Gasteiger partial charge in [0.25, 0.3) is 5.91 Å². The third kappa shape index (κ3) is 4.01. The molecule has 3 aromatic rings. The minimum atomic E-state index is -0.310. The van der Waals surface area contributed by atoms with Crippen molar-refractivity contribution in [3.63, 3.8) is 0 Å². The van der Waals surface area contributed by atoms with Gasteiger partial charge in [-0.1, -0.05) is 18.2 Å². The van der Waals surface area contributed by atoms with E-state index in [1.165, 1.54) is 6.33 Å². The Morgan fingerprint density at radius 1 is 1.24 bits per heavy atom. The second-order valence-corrected chi connectivity index (χ2v) is 9.62. The number of nitrogens with one attached hydrogen (secondary N) is 2. The van der Waals surface area contributed by atoms with Crippen molar-refractivity contribution in [1.82, 2.24) is 24.8 Å². The number of aromatic nitrogens is 3. The number of amides is 1. The van der Waals surface area contributed by atoms with E-state index in [0.717, 1.165) is 24.1 Å². The van der Waals surface area contributed by atoms with Gasteiger partial charge in [-0.05, 0) is 61.5 Å². The fourth-order valence-electron chi connectivity index (χ4n) is 4.78. The normalized spacial score (nSPS) is 18.6. The minimum absolute atomic E-state index is 0.0338. The van der Waals surface area contributed by atoms with Crippen LogP contribution in [-0.4, -0.2) is 38.6 Å². The molecule has 4 N–H and O–H groups in total. The molecule has 1 aliphatic carbocycles. The van der Waals surface area contributed by atoms with Crippen LogP contribution in [0.1, 0.15) is 41.4 Å². The number of benzene rings is 1. The monoisotopic (exact) mass is 493 g/mol. The van der Waals surface area contributed by atoms with E-state index >= 15 is 0 Å². The van der Waals surface area contributed by atoms with Crippen molar-refractivity contribution in [3.8, 4) is 11.8 Å². The topological polar surface area (TPSA) is 110 Å². The lowest BCUT2D eigenvalue weighted by Gasteiger charge is -2.22. The number of nitrogens with zero attached hydrogens (tertiary/aromatic N) is 4. The molecule has 0 spiro atoms. The van der Waals surface area contributed by atoms with Crippen LogP contribution in [0.4, 0.5) is 11.5 Å². The molecule has 0 radical (unpaired) electrons. The van der Waals surface area contributed by atoms with Gasteiger partial charge in [0, 0.05) is 30.7 Å². The quantitative estimate of drug-likeness (QED) is 0.467. The van der Waals surface area contributed by atoms with Gasteiger partial charge in [-0.25, -0.2) is 9.97 Å². The summed E-state index contributed by atoms with van der Waals surface area (Å²) in [5, 5.41) is 6.84. The predicted octanol–water partition coefficient (Wildman–Crippen LogP) is 3.43. The van der Waals surface area contributed by atoms with Crippen molar-refractivity contribution in [2.75, 3.05) is 18.2 Å². The zero-order valence-electron chi connectivity index (χ0n) is 20.7. The first-order valence-electron chi connectivity index (χ1n) is 12.1. The maximum Gasteiger partial charge on any atom is 0.259 e. The molecule has 0 saturated heterocycles. The molecule has 6 rings (SSSR count). The van der Waals surface area contributed by atoms with E-state index in [2.05, 4.69) is 50.0 Å². The van der Waals surface area contributed by atoms with Crippen LogP contribution in [0.15, 0.2) is 66.9 Å². The van der Waals surface area contributed by atoms with E-state index in [1.807, 2.05) is 53.7 Å². The van der Waals surface area contributed by atoms with Gasteiger partial charge in [-0.15, -0.1) is 0 Å². The molecular formula is C28H27N7O2. The Morgan fingerprint density at radius 3 is 2.81 bits per heavy atom. The highest BCUT2D eigenvalue weighted by molar-refractivity contribution is 6.16. The van der Waals surface area contributed by atoms with E-state index < -0.39 is 0 Å². The number of nitrogens with two attached hydrogens (primary N) is 1. The van der Waals surface area contributed by atoms with E-state index in [-0.39, 0.29) is 23.4 Å². The SMILES string of the molecule is COCc1ccc(NC(=O)c2c(C#CC3=CNC4C=CC=CN34)n(C3(C)CC3)c3ncnc(N)c23)cc1. The molecule has 2 aromatic heterocycles. The molecule has 4 heterocycles. The van der Waals surface area contributed by atoms with Gasteiger partial charge in [0.1, 0.15) is 35.3 Å². The Labute approximate surface area is 214 Å². The summed E-state index contributed by atoms with van der Waals surface area (Å²) in [5.41, 5.74) is 10.2. The first kappa shape index (κ1) is 22.9. The second kappa shape index (κ2) is 8.84. The summed E-state index contributed by atoms with van der Waals surface area (Å²) in [4.78, 5) is 24.6. The smallest absolute Gasteiger partial charge is 0.259 e. The van der Waals surface area contributed by atoms with Crippen molar-refractivity contribution in [2.45, 2.75) is 38.1 Å². The summed E-state index contributed by atoms with van der Waals surface area (Å²) < 4.78 is 7.25. The molecule has 37 heavy (non-hydrogen) atoms. The van der Waals surface area contributed by atoms with Crippen LogP contribution in [0.3, 0.4) is 0 Å². The summed E-state index contributed by atoms with van der Waals surface area (Å²) in [6, 6.07) is 7.54. The molecule has 9 nitrogen and oxygen atoms in total. The lowest BCUT2D eigenvalue weighted by Crippen LogP contribution is -2.32. The summed E-state index contributed by atoms with van der Waals surface area (Å²) >= 11 is 0. The first-order valence-corrected chi connectivity index (χ1v) is 12.1. The maximum absolute atomic E-state index is 13.8. The number of carbonyl (C=O) groups excluding carboxylic acids is 1. The lowest BCUT2D eigenvalue weighted by molar-refractivity contribution is 0.102. The number of fused-ring (bicyclic) bond motifs is 2. The number of methoxy groups -OCH3 is 1. The number of rotatable bonds is 5. The molecule has 1 unspecified atom stereocenters. The fourth-order valence-corrected chi connectivity index (χ4v) is 4.78. The Balaban J connectivity index is 1.46. The van der Waals surface area contributed by atoms with Crippen LogP contribution in [0.2, 0.25) is 0 Å². The van der Waals surface area contributed by atoms with Crippen LogP contribution in [-0.2, 0) is 16.9 Å². The largest absolute Gasteiger partial charge is 0.383 e. The van der Waals surface area contributed by atoms with Gasteiger partial charge >= 0.3 is 0 Å². The lowest BCUT2D eigenvalue weighted by atomic mass is 10.1. The van der Waals surface area contributed by atoms with E-state index in [9.17, 15) is 4.79 Å². The molecule has 9 heteroatoms. The highest BCUT2D eigenvalue weighted by atomic mass is 16.5. The maximum atomic E-state index is 13.8. The van der Waals surface area contributed by atoms with Crippen LogP contribution in [0.25, 0.3) is 11.0 Å². The molecule has 1 amide bonds. The van der Waals surface area contributed by atoms with E-state index in [1.54, 1.807) is 7.11 Å². The Morgan fingerprint density at radius 2 is 2.05 bits per heavy atom. The Bertz CT molecular complexity index is 1550. The summed E-state index contributed by atoms with van der Waals surface area (Å²) in [7, 11) is 1.65. The zero-order chi connectivity index (χ0) is 25.6. The van der Waals surface area contributed by atoms with E-state index in [0.29, 0.717) is 34.6 Å². The third-order valence-electron chi connectivity index (χ3n) is 6.97. The number of ether oxygens (including phenoxy) is 1. The third-order valence-corrected chi connectivity index (χ3v) is 6.97. The van der Waals surface area contributed by atoms with Gasteiger partial charge in [-0.2, -0.15) is 0 Å². The zero-order valence-corrected chi connectivity index (χ0v) is 20.7. The Kier molecular flexibility index (Phi) is 5.46. The average Bonchev–Trinajstić information content (AvgIpc) is 3.35. The molecule has 1 aromatic carbocycles. The number of allylic oxidation sites excluding steroid dienone is 3. The summed E-state index contributed by atoms with van der Waals surface area (Å²) in [6.45, 7) is 2.65. The summed E-state index contributed by atoms with van der Waals surface area (Å²) in [6.07, 6.45) is 13.3. The van der Waals surface area contributed by atoms with Gasteiger partial charge in [0.15, 0.2) is 0 Å². The number of anilines is 2.